The van der Waals surface area contributed by atoms with Crippen molar-refractivity contribution in [2.45, 2.75) is 30.2 Å². The van der Waals surface area contributed by atoms with E-state index in [1.54, 1.807) is 36.4 Å². The van der Waals surface area contributed by atoms with Crippen LogP contribution in [-0.4, -0.2) is 71.0 Å². The zero-order valence-electron chi connectivity index (χ0n) is 15.7. The van der Waals surface area contributed by atoms with Gasteiger partial charge in [0.15, 0.2) is 23.8 Å². The summed E-state index contributed by atoms with van der Waals surface area (Å²) in [5.74, 6) is -1.50. The van der Waals surface area contributed by atoms with Gasteiger partial charge in [-0.25, -0.2) is 4.79 Å². The first-order chi connectivity index (χ1) is 13.9. The fourth-order valence-electron chi connectivity index (χ4n) is 3.22. The summed E-state index contributed by atoms with van der Waals surface area (Å²) in [6.07, 6.45) is -6.57. The van der Waals surface area contributed by atoms with Gasteiger partial charge in [0.2, 0.25) is 0 Å². The molecular weight excluding hydrogens is 380 g/mol. The number of hydrogen-bond acceptors (Lipinski definition) is 8. The smallest absolute Gasteiger partial charge is 0.338 e. The molecule has 1 aliphatic rings. The maximum Gasteiger partial charge on any atom is 0.338 e. The Kier molecular flexibility index (Phi) is 6.41. The van der Waals surface area contributed by atoms with Crippen molar-refractivity contribution in [1.82, 2.24) is 0 Å². The van der Waals surface area contributed by atoms with E-state index in [1.807, 2.05) is 0 Å². The molecule has 0 amide bonds. The van der Waals surface area contributed by atoms with Crippen LogP contribution in [0.2, 0.25) is 0 Å². The van der Waals surface area contributed by atoms with Gasteiger partial charge in [0.25, 0.3) is 0 Å². The number of ether oxygens (including phenoxy) is 3. The van der Waals surface area contributed by atoms with E-state index in [2.05, 4.69) is 0 Å². The van der Waals surface area contributed by atoms with E-state index >= 15 is 0 Å². The molecule has 5 atom stereocenters. The highest BCUT2D eigenvalue weighted by atomic mass is 16.7. The maximum atomic E-state index is 12.8. The van der Waals surface area contributed by atoms with E-state index in [-0.39, 0.29) is 11.1 Å². The van der Waals surface area contributed by atoms with Crippen LogP contribution in [0.4, 0.5) is 0 Å². The molecule has 0 spiro atoms. The number of carbonyl (C=O) groups excluding carboxylic acids is 2. The van der Waals surface area contributed by atoms with Gasteiger partial charge in [0.05, 0.1) is 5.56 Å². The third-order valence-corrected chi connectivity index (χ3v) is 4.88. The summed E-state index contributed by atoms with van der Waals surface area (Å²) in [5, 5.41) is 31.6. The lowest BCUT2D eigenvalue weighted by Gasteiger charge is -2.34. The summed E-state index contributed by atoms with van der Waals surface area (Å²) in [6, 6.07) is 16.0. The van der Waals surface area contributed by atoms with Gasteiger partial charge in [0.1, 0.15) is 18.8 Å². The Bertz CT molecular complexity index is 840. The molecule has 0 aromatic heterocycles. The Hall–Kier alpha value is -2.62. The lowest BCUT2D eigenvalue weighted by atomic mass is 9.85. The number of aliphatic hydroxyl groups excluding tert-OH is 3. The fourth-order valence-corrected chi connectivity index (χ4v) is 3.22. The molecule has 0 saturated carbocycles. The van der Waals surface area contributed by atoms with Crippen molar-refractivity contribution >= 4 is 11.8 Å². The van der Waals surface area contributed by atoms with Crippen LogP contribution in [0.25, 0.3) is 0 Å². The second kappa shape index (κ2) is 8.81. The van der Waals surface area contributed by atoms with Crippen molar-refractivity contribution in [2.24, 2.45) is 0 Å². The van der Waals surface area contributed by atoms with Gasteiger partial charge < -0.3 is 29.5 Å². The number of hydrogen-bond donors (Lipinski definition) is 3. The number of esters is 1. The molecular formula is C21H22O8. The van der Waals surface area contributed by atoms with Crippen molar-refractivity contribution in [3.63, 3.8) is 0 Å². The largest absolute Gasteiger partial charge is 0.459 e. The highest BCUT2D eigenvalue weighted by Gasteiger charge is 2.61. The van der Waals surface area contributed by atoms with E-state index in [4.69, 9.17) is 14.2 Å². The zero-order chi connectivity index (χ0) is 21.0. The van der Waals surface area contributed by atoms with E-state index in [1.165, 1.54) is 31.4 Å². The van der Waals surface area contributed by atoms with Gasteiger partial charge in [-0.05, 0) is 12.1 Å². The van der Waals surface area contributed by atoms with Gasteiger partial charge in [-0.3, -0.25) is 4.79 Å². The predicted octanol–water partition coefficient (Wildman–Crippen LogP) is 0.550. The van der Waals surface area contributed by atoms with Crippen LogP contribution in [0.3, 0.4) is 0 Å². The molecule has 8 nitrogen and oxygen atoms in total. The van der Waals surface area contributed by atoms with E-state index in [9.17, 15) is 24.9 Å². The van der Waals surface area contributed by atoms with Gasteiger partial charge in [0, 0.05) is 12.7 Å². The van der Waals surface area contributed by atoms with Crippen molar-refractivity contribution in [3.8, 4) is 0 Å². The Balaban J connectivity index is 1.88. The topological polar surface area (TPSA) is 123 Å². The second-order valence-electron chi connectivity index (χ2n) is 6.69. The third-order valence-electron chi connectivity index (χ3n) is 4.88. The summed E-state index contributed by atoms with van der Waals surface area (Å²) in [4.78, 5) is 25.1. The lowest BCUT2D eigenvalue weighted by Crippen LogP contribution is -2.58. The molecule has 8 heteroatoms. The highest BCUT2D eigenvalue weighted by molar-refractivity contribution is 6.00. The average molecular weight is 402 g/mol. The molecule has 0 bridgehead atoms. The van der Waals surface area contributed by atoms with Crippen LogP contribution in [0.1, 0.15) is 20.7 Å². The van der Waals surface area contributed by atoms with Crippen LogP contribution < -0.4 is 0 Å². The minimum Gasteiger partial charge on any atom is -0.459 e. The lowest BCUT2D eigenvalue weighted by molar-refractivity contribution is -0.211. The first-order valence-electron chi connectivity index (χ1n) is 8.97. The molecule has 29 heavy (non-hydrogen) atoms. The summed E-state index contributed by atoms with van der Waals surface area (Å²) in [6.45, 7) is -0.682. The predicted molar refractivity (Wildman–Crippen MR) is 100 cm³/mol. The molecule has 1 heterocycles. The van der Waals surface area contributed by atoms with Gasteiger partial charge in [-0.15, -0.1) is 0 Å². The van der Waals surface area contributed by atoms with Crippen LogP contribution in [0.15, 0.2) is 60.7 Å². The molecule has 1 aliphatic heterocycles. The molecule has 1 saturated heterocycles. The average Bonchev–Trinajstić information content (AvgIpc) is 3.03. The zero-order valence-corrected chi connectivity index (χ0v) is 15.7. The molecule has 3 rings (SSSR count). The van der Waals surface area contributed by atoms with Crippen molar-refractivity contribution in [3.05, 3.63) is 71.8 Å². The third kappa shape index (κ3) is 4.07. The minimum atomic E-state index is -2.11. The molecule has 154 valence electrons. The quantitative estimate of drug-likeness (QED) is 0.453. The molecule has 0 aliphatic carbocycles. The number of benzene rings is 2. The summed E-state index contributed by atoms with van der Waals surface area (Å²) < 4.78 is 15.8. The van der Waals surface area contributed by atoms with E-state index < -0.39 is 48.6 Å². The number of Topliss-reactive ketones (excluding diaryl/α,β-unsaturated/α-hetero) is 1. The van der Waals surface area contributed by atoms with Crippen LogP contribution in [0, 0.1) is 0 Å². The Morgan fingerprint density at radius 1 is 1.03 bits per heavy atom. The molecule has 0 radical (unpaired) electrons. The van der Waals surface area contributed by atoms with Crippen molar-refractivity contribution in [1.29, 1.82) is 0 Å². The number of ketones is 1. The first-order valence-corrected chi connectivity index (χ1v) is 8.97. The van der Waals surface area contributed by atoms with Crippen LogP contribution >= 0.6 is 0 Å². The number of methoxy groups -OCH3 is 1. The second-order valence-corrected chi connectivity index (χ2v) is 6.69. The number of aliphatic hydroxyl groups is 3. The standard InChI is InChI=1S/C21H22O8/c1-27-20-16(23)18(25)21(29-20,12-28-19(26)14-10-6-3-7-11-14)17(24)15(22)13-8-4-2-5-9-13/h2-11,16-18,20,23-25H,12H2,1H3/t16-,17?,18+,20+,21-/m1/s1. The minimum absolute atomic E-state index is 0.167. The van der Waals surface area contributed by atoms with Gasteiger partial charge in [-0.2, -0.15) is 0 Å². The molecule has 1 unspecified atom stereocenters. The Labute approximate surface area is 167 Å². The van der Waals surface area contributed by atoms with Gasteiger partial charge >= 0.3 is 5.97 Å². The SMILES string of the molecule is CO[C@H]1O[C@](COC(=O)c2ccccc2)(C(O)C(=O)c2ccccc2)[C@@H](O)[C@H]1O. The molecule has 2 aromatic carbocycles. The fraction of sp³-hybridized carbons (Fsp3) is 0.333. The summed E-state index contributed by atoms with van der Waals surface area (Å²) >= 11 is 0. The molecule has 2 aromatic rings. The maximum absolute atomic E-state index is 12.8. The Morgan fingerprint density at radius 3 is 2.10 bits per heavy atom. The monoisotopic (exact) mass is 402 g/mol. The summed E-state index contributed by atoms with van der Waals surface area (Å²) in [5.41, 5.74) is -1.71. The Morgan fingerprint density at radius 2 is 1.59 bits per heavy atom. The number of carbonyl (C=O) groups is 2. The number of rotatable bonds is 7. The van der Waals surface area contributed by atoms with Crippen molar-refractivity contribution < 1.29 is 39.1 Å². The first kappa shape index (κ1) is 21.1. The van der Waals surface area contributed by atoms with Gasteiger partial charge in [-0.1, -0.05) is 48.5 Å². The molecule has 3 N–H and O–H groups in total. The highest BCUT2D eigenvalue weighted by Crippen LogP contribution is 2.36. The van der Waals surface area contributed by atoms with E-state index in [0.29, 0.717) is 0 Å². The van der Waals surface area contributed by atoms with Crippen molar-refractivity contribution in [2.75, 3.05) is 13.7 Å². The summed E-state index contributed by atoms with van der Waals surface area (Å²) in [7, 11) is 1.23. The molecule has 1 fully saturated rings. The van der Waals surface area contributed by atoms with E-state index in [0.717, 1.165) is 0 Å². The normalized spacial score (nSPS) is 27.4. The van der Waals surface area contributed by atoms with Crippen LogP contribution in [-0.2, 0) is 14.2 Å². The van der Waals surface area contributed by atoms with Crippen LogP contribution in [0.5, 0.6) is 0 Å².